The predicted molar refractivity (Wildman–Crippen MR) is 67.1 cm³/mol. The first-order valence-electron chi connectivity index (χ1n) is 5.04. The Morgan fingerprint density at radius 2 is 1.83 bits per heavy atom. The van der Waals surface area contributed by atoms with Crippen LogP contribution < -0.4 is 0 Å². The van der Waals surface area contributed by atoms with Crippen LogP contribution in [0.3, 0.4) is 0 Å². The van der Waals surface area contributed by atoms with E-state index in [9.17, 15) is 17.6 Å². The zero-order chi connectivity index (χ0) is 13.2. The fraction of sp³-hybridized carbons (Fsp3) is 0.0833. The molecule has 0 N–H and O–H groups in total. The van der Waals surface area contributed by atoms with Gasteiger partial charge in [-0.1, -0.05) is 6.07 Å². The number of Topliss-reactive ketones (excluding diaryl/α,β-unsaturated/α-hetero) is 1. The Bertz CT molecular complexity index is 643. The highest BCUT2D eigenvalue weighted by Crippen LogP contribution is 2.16. The van der Waals surface area contributed by atoms with E-state index in [1.165, 1.54) is 11.3 Å². The van der Waals surface area contributed by atoms with E-state index in [-0.39, 0.29) is 4.90 Å². The van der Waals surface area contributed by atoms with Crippen LogP contribution >= 0.6 is 11.3 Å². The maximum absolute atomic E-state index is 12.7. The van der Waals surface area contributed by atoms with Crippen molar-refractivity contribution in [1.82, 2.24) is 0 Å². The van der Waals surface area contributed by atoms with Gasteiger partial charge in [0.2, 0.25) is 0 Å². The molecule has 18 heavy (non-hydrogen) atoms. The Morgan fingerprint density at radius 1 is 1.17 bits per heavy atom. The molecule has 94 valence electrons. The molecule has 0 aliphatic heterocycles. The van der Waals surface area contributed by atoms with Crippen LogP contribution in [-0.2, 0) is 9.84 Å². The van der Waals surface area contributed by atoms with Gasteiger partial charge < -0.3 is 0 Å². The molecule has 0 atom stereocenters. The molecule has 1 aromatic heterocycles. The van der Waals surface area contributed by atoms with Gasteiger partial charge in [-0.3, -0.25) is 4.79 Å². The molecule has 3 nitrogen and oxygen atoms in total. The van der Waals surface area contributed by atoms with Gasteiger partial charge in [0, 0.05) is 0 Å². The Morgan fingerprint density at radius 3 is 2.39 bits per heavy atom. The molecular weight excluding hydrogens is 275 g/mol. The molecule has 0 aliphatic carbocycles. The number of halogens is 1. The number of sulfone groups is 1. The van der Waals surface area contributed by atoms with E-state index in [0.29, 0.717) is 4.88 Å². The summed E-state index contributed by atoms with van der Waals surface area (Å²) in [5.41, 5.74) is 0. The average molecular weight is 284 g/mol. The number of ketones is 1. The molecule has 0 saturated carbocycles. The normalized spacial score (nSPS) is 11.4. The fourth-order valence-electron chi connectivity index (χ4n) is 1.41. The van der Waals surface area contributed by atoms with Crippen molar-refractivity contribution in [2.75, 3.05) is 5.75 Å². The van der Waals surface area contributed by atoms with Crippen molar-refractivity contribution in [2.45, 2.75) is 4.90 Å². The van der Waals surface area contributed by atoms with Crippen LogP contribution in [0.1, 0.15) is 9.67 Å². The SMILES string of the molecule is O=C(CS(=O)(=O)c1ccc(F)cc1)c1cccs1. The highest BCUT2D eigenvalue weighted by atomic mass is 32.2. The summed E-state index contributed by atoms with van der Waals surface area (Å²) in [5.74, 6) is -1.56. The molecule has 2 aromatic rings. The van der Waals surface area contributed by atoms with Crippen LogP contribution in [0.4, 0.5) is 4.39 Å². The standard InChI is InChI=1S/C12H9FO3S2/c13-9-3-5-10(6-4-9)18(15,16)8-11(14)12-2-1-7-17-12/h1-7H,8H2. The molecule has 0 amide bonds. The highest BCUT2D eigenvalue weighted by molar-refractivity contribution is 7.92. The summed E-state index contributed by atoms with van der Waals surface area (Å²) >= 11 is 1.20. The third kappa shape index (κ3) is 2.83. The molecule has 0 saturated heterocycles. The van der Waals surface area contributed by atoms with E-state index < -0.39 is 27.2 Å². The molecule has 0 bridgehead atoms. The lowest BCUT2D eigenvalue weighted by atomic mass is 10.3. The van der Waals surface area contributed by atoms with E-state index in [1.807, 2.05) is 0 Å². The summed E-state index contributed by atoms with van der Waals surface area (Å²) in [6, 6.07) is 7.69. The summed E-state index contributed by atoms with van der Waals surface area (Å²) in [6.07, 6.45) is 0. The number of hydrogen-bond donors (Lipinski definition) is 0. The molecule has 0 spiro atoms. The maximum atomic E-state index is 12.7. The van der Waals surface area contributed by atoms with Crippen molar-refractivity contribution in [3.05, 3.63) is 52.5 Å². The molecule has 0 fully saturated rings. The minimum Gasteiger partial charge on any atom is -0.292 e. The summed E-state index contributed by atoms with van der Waals surface area (Å²) in [7, 11) is -3.71. The Balaban J connectivity index is 2.22. The first kappa shape index (κ1) is 12.9. The van der Waals surface area contributed by atoms with Gasteiger partial charge in [0.15, 0.2) is 15.6 Å². The molecule has 0 radical (unpaired) electrons. The van der Waals surface area contributed by atoms with Crippen LogP contribution in [0, 0.1) is 5.82 Å². The third-order valence-electron chi connectivity index (χ3n) is 2.29. The van der Waals surface area contributed by atoms with Crippen molar-refractivity contribution < 1.29 is 17.6 Å². The van der Waals surface area contributed by atoms with Crippen molar-refractivity contribution >= 4 is 27.0 Å². The zero-order valence-electron chi connectivity index (χ0n) is 9.17. The molecule has 0 aliphatic rings. The second-order valence-electron chi connectivity index (χ2n) is 3.61. The van der Waals surface area contributed by atoms with E-state index in [2.05, 4.69) is 0 Å². The van der Waals surface area contributed by atoms with Crippen LogP contribution in [0.25, 0.3) is 0 Å². The van der Waals surface area contributed by atoms with Gasteiger partial charge in [0.25, 0.3) is 0 Å². The second kappa shape index (κ2) is 4.99. The van der Waals surface area contributed by atoms with Crippen molar-refractivity contribution in [3.8, 4) is 0 Å². The number of carbonyl (C=O) groups excluding carboxylic acids is 1. The summed E-state index contributed by atoms with van der Waals surface area (Å²) in [6.45, 7) is 0. The fourth-order valence-corrected chi connectivity index (χ4v) is 3.38. The monoisotopic (exact) mass is 284 g/mol. The van der Waals surface area contributed by atoms with E-state index in [1.54, 1.807) is 17.5 Å². The predicted octanol–water partition coefficient (Wildman–Crippen LogP) is 2.54. The summed E-state index contributed by atoms with van der Waals surface area (Å²) in [5, 5.41) is 1.71. The third-order valence-corrected chi connectivity index (χ3v) is 4.83. The second-order valence-corrected chi connectivity index (χ2v) is 6.55. The van der Waals surface area contributed by atoms with Crippen molar-refractivity contribution in [1.29, 1.82) is 0 Å². The van der Waals surface area contributed by atoms with Gasteiger partial charge >= 0.3 is 0 Å². The molecule has 1 heterocycles. The Labute approximate surface area is 108 Å². The zero-order valence-corrected chi connectivity index (χ0v) is 10.8. The number of hydrogen-bond acceptors (Lipinski definition) is 4. The number of carbonyl (C=O) groups is 1. The quantitative estimate of drug-likeness (QED) is 0.640. The molecule has 0 unspecified atom stereocenters. The number of benzene rings is 1. The molecule has 1 aromatic carbocycles. The van der Waals surface area contributed by atoms with Gasteiger partial charge in [-0.25, -0.2) is 12.8 Å². The van der Waals surface area contributed by atoms with Crippen LogP contribution in [0.15, 0.2) is 46.7 Å². The summed E-state index contributed by atoms with van der Waals surface area (Å²) < 4.78 is 36.5. The van der Waals surface area contributed by atoms with Gasteiger partial charge in [0.1, 0.15) is 11.6 Å². The lowest BCUT2D eigenvalue weighted by molar-refractivity contribution is 0.102. The maximum Gasteiger partial charge on any atom is 0.188 e. The van der Waals surface area contributed by atoms with Crippen molar-refractivity contribution in [3.63, 3.8) is 0 Å². The first-order valence-corrected chi connectivity index (χ1v) is 7.57. The van der Waals surface area contributed by atoms with Crippen LogP contribution in [0.5, 0.6) is 0 Å². The van der Waals surface area contributed by atoms with Crippen molar-refractivity contribution in [2.24, 2.45) is 0 Å². The Hall–Kier alpha value is -1.53. The average Bonchev–Trinajstić information content (AvgIpc) is 2.82. The first-order chi connectivity index (χ1) is 8.49. The molecule has 2 rings (SSSR count). The lowest BCUT2D eigenvalue weighted by Gasteiger charge is -2.02. The van der Waals surface area contributed by atoms with E-state index >= 15 is 0 Å². The topological polar surface area (TPSA) is 51.2 Å². The Kier molecular flexibility index (Phi) is 3.58. The van der Waals surface area contributed by atoms with Gasteiger partial charge in [-0.15, -0.1) is 11.3 Å². The van der Waals surface area contributed by atoms with E-state index in [0.717, 1.165) is 24.3 Å². The van der Waals surface area contributed by atoms with E-state index in [4.69, 9.17) is 0 Å². The molecule has 6 heteroatoms. The largest absolute Gasteiger partial charge is 0.292 e. The smallest absolute Gasteiger partial charge is 0.188 e. The van der Waals surface area contributed by atoms with Gasteiger partial charge in [0.05, 0.1) is 9.77 Å². The number of thiophene rings is 1. The van der Waals surface area contributed by atoms with Crippen LogP contribution in [0.2, 0.25) is 0 Å². The minimum atomic E-state index is -3.71. The van der Waals surface area contributed by atoms with Crippen LogP contribution in [-0.4, -0.2) is 20.0 Å². The minimum absolute atomic E-state index is 0.0474. The summed E-state index contributed by atoms with van der Waals surface area (Å²) in [4.78, 5) is 12.1. The number of rotatable bonds is 4. The highest BCUT2D eigenvalue weighted by Gasteiger charge is 2.20. The molecular formula is C12H9FO3S2. The lowest BCUT2D eigenvalue weighted by Crippen LogP contribution is -2.15. The van der Waals surface area contributed by atoms with Gasteiger partial charge in [-0.2, -0.15) is 0 Å². The van der Waals surface area contributed by atoms with Gasteiger partial charge in [-0.05, 0) is 35.7 Å².